The van der Waals surface area contributed by atoms with E-state index in [1.807, 2.05) is 18.2 Å². The van der Waals surface area contributed by atoms with Crippen LogP contribution in [0.5, 0.6) is 5.75 Å². The van der Waals surface area contributed by atoms with E-state index >= 15 is 0 Å². The average Bonchev–Trinajstić information content (AvgIpc) is 2.80. The highest BCUT2D eigenvalue weighted by Gasteiger charge is 2.18. The molecule has 0 spiro atoms. The molecule has 32 heavy (non-hydrogen) atoms. The van der Waals surface area contributed by atoms with Crippen molar-refractivity contribution in [2.75, 3.05) is 43.0 Å². The maximum atomic E-state index is 13.4. The number of ether oxygens (including phenoxy) is 1. The maximum absolute atomic E-state index is 13.4. The van der Waals surface area contributed by atoms with Crippen molar-refractivity contribution in [2.45, 2.75) is 6.54 Å². The van der Waals surface area contributed by atoms with Crippen LogP contribution in [-0.4, -0.2) is 48.6 Å². The summed E-state index contributed by atoms with van der Waals surface area (Å²) >= 11 is 5.84. The van der Waals surface area contributed by atoms with E-state index in [-0.39, 0.29) is 18.3 Å². The Kier molecular flexibility index (Phi) is 7.19. The van der Waals surface area contributed by atoms with Gasteiger partial charge in [-0.2, -0.15) is 0 Å². The van der Waals surface area contributed by atoms with Crippen LogP contribution >= 0.6 is 11.6 Å². The van der Waals surface area contributed by atoms with Crippen LogP contribution in [0.25, 0.3) is 0 Å². The van der Waals surface area contributed by atoms with Gasteiger partial charge < -0.3 is 15.0 Å². The minimum Gasteiger partial charge on any atom is -0.484 e. The maximum Gasteiger partial charge on any atom is 0.262 e. The molecule has 166 valence electrons. The molecule has 0 unspecified atom stereocenters. The lowest BCUT2D eigenvalue weighted by molar-refractivity contribution is -0.118. The Bertz CT molecular complexity index is 1040. The topological polar surface area (TPSA) is 57.7 Å². The van der Waals surface area contributed by atoms with E-state index in [1.54, 1.807) is 42.6 Å². The Morgan fingerprint density at radius 2 is 1.84 bits per heavy atom. The first-order chi connectivity index (χ1) is 15.5. The fourth-order valence-electron chi connectivity index (χ4n) is 3.55. The number of piperazine rings is 1. The van der Waals surface area contributed by atoms with Gasteiger partial charge in [0, 0.05) is 37.7 Å². The van der Waals surface area contributed by atoms with Crippen molar-refractivity contribution in [2.24, 2.45) is 0 Å². The van der Waals surface area contributed by atoms with Crippen LogP contribution in [0.4, 0.5) is 15.9 Å². The number of benzene rings is 2. The van der Waals surface area contributed by atoms with E-state index in [4.69, 9.17) is 16.3 Å². The third-order valence-electron chi connectivity index (χ3n) is 5.21. The molecule has 3 aromatic rings. The first-order valence-electron chi connectivity index (χ1n) is 10.4. The number of carbonyl (C=O) groups is 1. The van der Waals surface area contributed by atoms with Gasteiger partial charge in [0.05, 0.1) is 11.9 Å². The van der Waals surface area contributed by atoms with Crippen molar-refractivity contribution in [1.82, 2.24) is 9.88 Å². The van der Waals surface area contributed by atoms with Gasteiger partial charge in [0.1, 0.15) is 17.4 Å². The van der Waals surface area contributed by atoms with Gasteiger partial charge in [0.15, 0.2) is 6.61 Å². The number of hydrogen-bond acceptors (Lipinski definition) is 5. The molecule has 6 nitrogen and oxygen atoms in total. The minimum absolute atomic E-state index is 0.101. The second-order valence-electron chi connectivity index (χ2n) is 7.59. The second kappa shape index (κ2) is 10.4. The SMILES string of the molecule is O=C(COc1ccc(Cl)cc1)Nc1ccc(N2CCN(Cc3cccc(F)c3)CC2)nc1. The standard InChI is InChI=1S/C24H24ClFN4O2/c25-19-4-7-22(8-5-19)32-17-24(31)28-21-6-9-23(27-15-21)30-12-10-29(11-13-30)16-18-2-1-3-20(26)14-18/h1-9,14-15H,10-13,16-17H2,(H,28,31). The molecule has 2 aromatic carbocycles. The zero-order valence-corrected chi connectivity index (χ0v) is 18.3. The largest absolute Gasteiger partial charge is 0.484 e. The summed E-state index contributed by atoms with van der Waals surface area (Å²) in [6.45, 7) is 4.06. The van der Waals surface area contributed by atoms with Gasteiger partial charge in [0.2, 0.25) is 0 Å². The van der Waals surface area contributed by atoms with E-state index in [1.165, 1.54) is 6.07 Å². The third-order valence-corrected chi connectivity index (χ3v) is 5.46. The number of halogens is 2. The summed E-state index contributed by atoms with van der Waals surface area (Å²) in [5.74, 6) is 0.981. The van der Waals surface area contributed by atoms with Crippen molar-refractivity contribution < 1.29 is 13.9 Å². The fourth-order valence-corrected chi connectivity index (χ4v) is 3.68. The molecule has 1 aliphatic heterocycles. The predicted octanol–water partition coefficient (Wildman–Crippen LogP) is 4.21. The van der Waals surface area contributed by atoms with Crippen LogP contribution < -0.4 is 15.0 Å². The fraction of sp³-hybridized carbons (Fsp3) is 0.250. The highest BCUT2D eigenvalue weighted by molar-refractivity contribution is 6.30. The van der Waals surface area contributed by atoms with Gasteiger partial charge in [-0.05, 0) is 54.1 Å². The molecule has 4 rings (SSSR count). The summed E-state index contributed by atoms with van der Waals surface area (Å²) in [4.78, 5) is 21.1. The molecule has 1 amide bonds. The molecule has 1 aromatic heterocycles. The Balaban J connectivity index is 1.23. The second-order valence-corrected chi connectivity index (χ2v) is 8.03. The summed E-state index contributed by atoms with van der Waals surface area (Å²) in [6.07, 6.45) is 1.65. The summed E-state index contributed by atoms with van der Waals surface area (Å²) < 4.78 is 18.8. The van der Waals surface area contributed by atoms with Gasteiger partial charge in [-0.1, -0.05) is 23.7 Å². The van der Waals surface area contributed by atoms with E-state index in [0.29, 0.717) is 16.5 Å². The highest BCUT2D eigenvalue weighted by Crippen LogP contribution is 2.18. The lowest BCUT2D eigenvalue weighted by atomic mass is 10.2. The van der Waals surface area contributed by atoms with Crippen molar-refractivity contribution in [1.29, 1.82) is 0 Å². The Hall–Kier alpha value is -3.16. The lowest BCUT2D eigenvalue weighted by Gasteiger charge is -2.35. The molecule has 2 heterocycles. The Labute approximate surface area is 191 Å². The normalized spacial score (nSPS) is 14.2. The molecule has 1 saturated heterocycles. The van der Waals surface area contributed by atoms with Crippen LogP contribution in [0.15, 0.2) is 66.9 Å². The molecule has 0 aliphatic carbocycles. The molecule has 8 heteroatoms. The first-order valence-corrected chi connectivity index (χ1v) is 10.8. The van der Waals surface area contributed by atoms with Gasteiger partial charge in [-0.15, -0.1) is 0 Å². The summed E-state index contributed by atoms with van der Waals surface area (Å²) in [7, 11) is 0. The Morgan fingerprint density at radius 1 is 1.06 bits per heavy atom. The monoisotopic (exact) mass is 454 g/mol. The van der Waals surface area contributed by atoms with Crippen LogP contribution in [0.1, 0.15) is 5.56 Å². The number of anilines is 2. The smallest absolute Gasteiger partial charge is 0.262 e. The zero-order valence-electron chi connectivity index (χ0n) is 17.5. The number of pyridine rings is 1. The summed E-state index contributed by atoms with van der Waals surface area (Å²) in [6, 6.07) is 17.3. The summed E-state index contributed by atoms with van der Waals surface area (Å²) in [5.41, 5.74) is 1.60. The molecule has 0 bridgehead atoms. The molecule has 0 atom stereocenters. The molecule has 1 fully saturated rings. The molecular weight excluding hydrogens is 431 g/mol. The van der Waals surface area contributed by atoms with Crippen molar-refractivity contribution >= 4 is 29.0 Å². The van der Waals surface area contributed by atoms with E-state index in [9.17, 15) is 9.18 Å². The van der Waals surface area contributed by atoms with E-state index in [0.717, 1.165) is 44.1 Å². The van der Waals surface area contributed by atoms with Crippen LogP contribution in [0.2, 0.25) is 5.02 Å². The zero-order chi connectivity index (χ0) is 22.3. The summed E-state index contributed by atoms with van der Waals surface area (Å²) in [5, 5.41) is 3.39. The lowest BCUT2D eigenvalue weighted by Crippen LogP contribution is -2.46. The molecular formula is C24H24ClFN4O2. The van der Waals surface area contributed by atoms with Gasteiger partial charge >= 0.3 is 0 Å². The Morgan fingerprint density at radius 3 is 2.53 bits per heavy atom. The number of aromatic nitrogens is 1. The molecule has 1 N–H and O–H groups in total. The minimum atomic E-state index is -0.263. The number of carbonyl (C=O) groups excluding carboxylic acids is 1. The van der Waals surface area contributed by atoms with E-state index in [2.05, 4.69) is 20.1 Å². The van der Waals surface area contributed by atoms with E-state index < -0.39 is 0 Å². The molecule has 1 aliphatic rings. The van der Waals surface area contributed by atoms with Gasteiger partial charge in [0.25, 0.3) is 5.91 Å². The molecule has 0 radical (unpaired) electrons. The number of rotatable bonds is 7. The third kappa shape index (κ3) is 6.18. The first kappa shape index (κ1) is 22.0. The van der Waals surface area contributed by atoms with Gasteiger partial charge in [-0.25, -0.2) is 9.37 Å². The quantitative estimate of drug-likeness (QED) is 0.579. The van der Waals surface area contributed by atoms with Crippen molar-refractivity contribution in [3.63, 3.8) is 0 Å². The average molecular weight is 455 g/mol. The van der Waals surface area contributed by atoms with Crippen LogP contribution in [0.3, 0.4) is 0 Å². The number of hydrogen-bond donors (Lipinski definition) is 1. The number of nitrogens with zero attached hydrogens (tertiary/aromatic N) is 3. The van der Waals surface area contributed by atoms with Gasteiger partial charge in [-0.3, -0.25) is 9.69 Å². The highest BCUT2D eigenvalue weighted by atomic mass is 35.5. The van der Waals surface area contributed by atoms with Crippen molar-refractivity contribution in [3.05, 3.63) is 83.3 Å². The predicted molar refractivity (Wildman–Crippen MR) is 124 cm³/mol. The van der Waals surface area contributed by atoms with Crippen molar-refractivity contribution in [3.8, 4) is 5.75 Å². The number of nitrogens with one attached hydrogen (secondary N) is 1. The molecule has 0 saturated carbocycles. The van der Waals surface area contributed by atoms with Crippen LogP contribution in [0, 0.1) is 5.82 Å². The van der Waals surface area contributed by atoms with Crippen LogP contribution in [-0.2, 0) is 11.3 Å². The number of amides is 1.